The molecule has 0 aliphatic rings. The number of anilines is 1. The summed E-state index contributed by atoms with van der Waals surface area (Å²) in [5.41, 5.74) is 11.0. The van der Waals surface area contributed by atoms with Crippen LogP contribution in [0.4, 0.5) is 5.69 Å². The van der Waals surface area contributed by atoms with Crippen molar-refractivity contribution in [2.24, 2.45) is 7.05 Å². The molecule has 3 rings (SSSR count). The fourth-order valence-corrected chi connectivity index (χ4v) is 2.58. The summed E-state index contributed by atoms with van der Waals surface area (Å²) in [7, 11) is 3.65. The summed E-state index contributed by atoms with van der Waals surface area (Å²) in [6.07, 6.45) is 0. The highest BCUT2D eigenvalue weighted by atomic mass is 16.5. The number of hydrogen-bond acceptors (Lipinski definition) is 3. The van der Waals surface area contributed by atoms with E-state index in [1.54, 1.807) is 7.11 Å². The standard InChI is InChI=1S/C16H17N3O/c1-10-5-4-6-14-15(10)19(2)16(18-14)12-8-7-11(20-3)9-13(12)17/h4-9H,17H2,1-3H3. The average molecular weight is 267 g/mol. The van der Waals surface area contributed by atoms with E-state index in [4.69, 9.17) is 15.5 Å². The Morgan fingerprint density at radius 3 is 2.65 bits per heavy atom. The summed E-state index contributed by atoms with van der Waals surface area (Å²) in [4.78, 5) is 4.70. The summed E-state index contributed by atoms with van der Waals surface area (Å²) in [5, 5.41) is 0. The normalized spacial score (nSPS) is 10.9. The van der Waals surface area contributed by atoms with Crippen molar-refractivity contribution in [3.05, 3.63) is 42.0 Å². The Morgan fingerprint density at radius 1 is 1.20 bits per heavy atom. The zero-order valence-corrected chi connectivity index (χ0v) is 11.8. The van der Waals surface area contributed by atoms with E-state index in [1.165, 1.54) is 5.56 Å². The topological polar surface area (TPSA) is 53.1 Å². The first kappa shape index (κ1) is 12.5. The SMILES string of the molecule is COc1ccc(-c2nc3cccc(C)c3n2C)c(N)c1. The molecule has 2 aromatic carbocycles. The van der Waals surface area contributed by atoms with Crippen molar-refractivity contribution in [1.29, 1.82) is 0 Å². The number of fused-ring (bicyclic) bond motifs is 1. The number of para-hydroxylation sites is 1. The maximum atomic E-state index is 6.12. The number of aryl methyl sites for hydroxylation is 2. The van der Waals surface area contributed by atoms with Gasteiger partial charge in [-0.25, -0.2) is 4.98 Å². The van der Waals surface area contributed by atoms with Crippen LogP contribution in [-0.2, 0) is 7.05 Å². The summed E-state index contributed by atoms with van der Waals surface area (Å²) < 4.78 is 7.27. The number of imidazole rings is 1. The Kier molecular flexibility index (Phi) is 2.86. The van der Waals surface area contributed by atoms with E-state index in [0.717, 1.165) is 28.2 Å². The molecule has 0 aliphatic heterocycles. The summed E-state index contributed by atoms with van der Waals surface area (Å²) in [5.74, 6) is 1.62. The van der Waals surface area contributed by atoms with Crippen molar-refractivity contribution in [1.82, 2.24) is 9.55 Å². The zero-order chi connectivity index (χ0) is 14.3. The van der Waals surface area contributed by atoms with E-state index in [-0.39, 0.29) is 0 Å². The zero-order valence-electron chi connectivity index (χ0n) is 11.8. The van der Waals surface area contributed by atoms with Gasteiger partial charge in [0.15, 0.2) is 0 Å². The Labute approximate surface area is 117 Å². The summed E-state index contributed by atoms with van der Waals surface area (Å²) >= 11 is 0. The van der Waals surface area contributed by atoms with Crippen molar-refractivity contribution >= 4 is 16.7 Å². The van der Waals surface area contributed by atoms with Crippen LogP contribution in [0.1, 0.15) is 5.56 Å². The molecule has 0 spiro atoms. The van der Waals surface area contributed by atoms with Crippen LogP contribution in [0.25, 0.3) is 22.4 Å². The first-order valence-electron chi connectivity index (χ1n) is 6.47. The molecule has 1 heterocycles. The molecule has 20 heavy (non-hydrogen) atoms. The van der Waals surface area contributed by atoms with Crippen LogP contribution in [0.5, 0.6) is 5.75 Å². The fourth-order valence-electron chi connectivity index (χ4n) is 2.58. The molecule has 1 aromatic heterocycles. The van der Waals surface area contributed by atoms with Crippen LogP contribution in [0.2, 0.25) is 0 Å². The molecular weight excluding hydrogens is 250 g/mol. The smallest absolute Gasteiger partial charge is 0.142 e. The van der Waals surface area contributed by atoms with Gasteiger partial charge >= 0.3 is 0 Å². The Balaban J connectivity index is 2.25. The lowest BCUT2D eigenvalue weighted by Crippen LogP contribution is -1.98. The Bertz CT molecular complexity index is 790. The highest BCUT2D eigenvalue weighted by molar-refractivity contribution is 5.85. The largest absolute Gasteiger partial charge is 0.497 e. The van der Waals surface area contributed by atoms with Crippen molar-refractivity contribution in [3.8, 4) is 17.1 Å². The Morgan fingerprint density at radius 2 is 2.00 bits per heavy atom. The number of rotatable bonds is 2. The molecule has 0 radical (unpaired) electrons. The lowest BCUT2D eigenvalue weighted by atomic mass is 10.1. The number of hydrogen-bond donors (Lipinski definition) is 1. The van der Waals surface area contributed by atoms with Crippen LogP contribution in [0.3, 0.4) is 0 Å². The second-order valence-corrected chi connectivity index (χ2v) is 4.89. The first-order valence-corrected chi connectivity index (χ1v) is 6.47. The molecule has 0 unspecified atom stereocenters. The minimum absolute atomic E-state index is 0.667. The van der Waals surface area contributed by atoms with Gasteiger partial charge in [-0.05, 0) is 30.7 Å². The van der Waals surface area contributed by atoms with Crippen LogP contribution in [0, 0.1) is 6.92 Å². The van der Waals surface area contributed by atoms with Crippen molar-refractivity contribution in [3.63, 3.8) is 0 Å². The van der Waals surface area contributed by atoms with E-state index >= 15 is 0 Å². The highest BCUT2D eigenvalue weighted by Gasteiger charge is 2.13. The number of nitrogens with two attached hydrogens (primary N) is 1. The molecule has 102 valence electrons. The molecular formula is C16H17N3O. The number of methoxy groups -OCH3 is 1. The van der Waals surface area contributed by atoms with Gasteiger partial charge in [0, 0.05) is 24.4 Å². The van der Waals surface area contributed by atoms with Gasteiger partial charge in [0.1, 0.15) is 11.6 Å². The van der Waals surface area contributed by atoms with Gasteiger partial charge in [0.2, 0.25) is 0 Å². The molecule has 0 saturated carbocycles. The van der Waals surface area contributed by atoms with Crippen LogP contribution in [-0.4, -0.2) is 16.7 Å². The first-order chi connectivity index (χ1) is 9.61. The quantitative estimate of drug-likeness (QED) is 0.726. The van der Waals surface area contributed by atoms with Gasteiger partial charge < -0.3 is 15.0 Å². The summed E-state index contributed by atoms with van der Waals surface area (Å²) in [6.45, 7) is 2.09. The van der Waals surface area contributed by atoms with E-state index in [9.17, 15) is 0 Å². The van der Waals surface area contributed by atoms with Crippen LogP contribution < -0.4 is 10.5 Å². The second kappa shape index (κ2) is 4.56. The van der Waals surface area contributed by atoms with E-state index in [1.807, 2.05) is 37.4 Å². The number of aromatic nitrogens is 2. The molecule has 0 bridgehead atoms. The van der Waals surface area contributed by atoms with Crippen LogP contribution in [0.15, 0.2) is 36.4 Å². The van der Waals surface area contributed by atoms with Gasteiger partial charge in [0.25, 0.3) is 0 Å². The highest BCUT2D eigenvalue weighted by Crippen LogP contribution is 2.31. The molecule has 0 atom stereocenters. The Hall–Kier alpha value is -2.49. The minimum Gasteiger partial charge on any atom is -0.497 e. The molecule has 0 fully saturated rings. The van der Waals surface area contributed by atoms with Gasteiger partial charge in [0.05, 0.1) is 18.1 Å². The third-order valence-electron chi connectivity index (χ3n) is 3.60. The minimum atomic E-state index is 0.667. The van der Waals surface area contributed by atoms with E-state index in [0.29, 0.717) is 5.69 Å². The molecule has 0 amide bonds. The number of nitrogens with zero attached hydrogens (tertiary/aromatic N) is 2. The van der Waals surface area contributed by atoms with Crippen molar-refractivity contribution in [2.75, 3.05) is 12.8 Å². The molecule has 0 saturated heterocycles. The van der Waals surface area contributed by atoms with Crippen molar-refractivity contribution in [2.45, 2.75) is 6.92 Å². The molecule has 2 N–H and O–H groups in total. The van der Waals surface area contributed by atoms with Crippen LogP contribution >= 0.6 is 0 Å². The molecule has 0 aliphatic carbocycles. The van der Waals surface area contributed by atoms with E-state index in [2.05, 4.69) is 17.6 Å². The number of nitrogen functional groups attached to an aromatic ring is 1. The van der Waals surface area contributed by atoms with Gasteiger partial charge in [-0.15, -0.1) is 0 Å². The average Bonchev–Trinajstić information content (AvgIpc) is 2.77. The summed E-state index contributed by atoms with van der Waals surface area (Å²) in [6, 6.07) is 11.8. The molecule has 4 nitrogen and oxygen atoms in total. The lowest BCUT2D eigenvalue weighted by Gasteiger charge is -2.08. The maximum absolute atomic E-state index is 6.12. The number of ether oxygens (including phenoxy) is 1. The van der Waals surface area contributed by atoms with Gasteiger partial charge in [-0.3, -0.25) is 0 Å². The van der Waals surface area contributed by atoms with Gasteiger partial charge in [-0.1, -0.05) is 12.1 Å². The van der Waals surface area contributed by atoms with E-state index < -0.39 is 0 Å². The predicted octanol–water partition coefficient (Wildman–Crippen LogP) is 3.14. The fraction of sp³-hybridized carbons (Fsp3) is 0.188. The predicted molar refractivity (Wildman–Crippen MR) is 81.9 cm³/mol. The molecule has 4 heteroatoms. The third-order valence-corrected chi connectivity index (χ3v) is 3.60. The second-order valence-electron chi connectivity index (χ2n) is 4.89. The third kappa shape index (κ3) is 1.81. The lowest BCUT2D eigenvalue weighted by molar-refractivity contribution is 0.415. The molecule has 3 aromatic rings. The van der Waals surface area contributed by atoms with Gasteiger partial charge in [-0.2, -0.15) is 0 Å². The monoisotopic (exact) mass is 267 g/mol. The number of benzene rings is 2. The van der Waals surface area contributed by atoms with Crippen molar-refractivity contribution < 1.29 is 4.74 Å². The maximum Gasteiger partial charge on any atom is 0.142 e.